The zero-order valence-corrected chi connectivity index (χ0v) is 14.7. The highest BCUT2D eigenvalue weighted by molar-refractivity contribution is 5.62. The molecule has 0 fully saturated rings. The second kappa shape index (κ2) is 6.07. The molecule has 0 saturated carbocycles. The second-order valence-corrected chi connectivity index (χ2v) is 7.07. The van der Waals surface area contributed by atoms with Gasteiger partial charge in [-0.2, -0.15) is 10.2 Å². The third-order valence-corrected chi connectivity index (χ3v) is 5.28. The maximum Gasteiger partial charge on any atom is 0.0929 e. The molecule has 4 heteroatoms. The quantitative estimate of drug-likeness (QED) is 0.553. The Labute approximate surface area is 152 Å². The molecule has 4 aromatic rings. The molecule has 0 aliphatic carbocycles. The second-order valence-electron chi connectivity index (χ2n) is 7.07. The van der Waals surface area contributed by atoms with Gasteiger partial charge in [0.2, 0.25) is 0 Å². The molecule has 0 spiro atoms. The highest BCUT2D eigenvalue weighted by Gasteiger charge is 2.25. The first-order valence-corrected chi connectivity index (χ1v) is 8.94. The minimum atomic E-state index is 0.388. The summed E-state index contributed by atoms with van der Waals surface area (Å²) in [7, 11) is 2.20. The van der Waals surface area contributed by atoms with Crippen molar-refractivity contribution in [2.75, 3.05) is 13.6 Å². The number of benzene rings is 1. The monoisotopic (exact) mass is 340 g/mol. The molecule has 128 valence electrons. The van der Waals surface area contributed by atoms with E-state index in [2.05, 4.69) is 81.4 Å². The van der Waals surface area contributed by atoms with Gasteiger partial charge in [-0.15, -0.1) is 0 Å². The first-order chi connectivity index (χ1) is 12.8. The molecule has 1 atom stereocenters. The zero-order chi connectivity index (χ0) is 17.5. The molecule has 1 aromatic carbocycles. The van der Waals surface area contributed by atoms with Crippen LogP contribution in [0.15, 0.2) is 73.2 Å². The Bertz CT molecular complexity index is 1070. The predicted octanol–water partition coefficient (Wildman–Crippen LogP) is 3.97. The molecule has 0 N–H and O–H groups in total. The minimum Gasteiger partial charge on any atom is -0.324 e. The maximum absolute atomic E-state index is 4.26. The van der Waals surface area contributed by atoms with Crippen LogP contribution >= 0.6 is 0 Å². The van der Waals surface area contributed by atoms with Crippen LogP contribution in [0.4, 0.5) is 0 Å². The third kappa shape index (κ3) is 2.59. The van der Waals surface area contributed by atoms with Crippen LogP contribution in [0, 0.1) is 0 Å². The molecule has 5 rings (SSSR count). The van der Waals surface area contributed by atoms with E-state index in [0.717, 1.165) is 24.3 Å². The van der Waals surface area contributed by atoms with Crippen molar-refractivity contribution in [1.29, 1.82) is 0 Å². The Balaban J connectivity index is 1.59. The van der Waals surface area contributed by atoms with Crippen LogP contribution in [0.5, 0.6) is 0 Å². The fourth-order valence-corrected chi connectivity index (χ4v) is 4.01. The lowest BCUT2D eigenvalue weighted by atomic mass is 9.84. The molecule has 26 heavy (non-hydrogen) atoms. The number of hydrogen-bond acceptors (Lipinski definition) is 3. The van der Waals surface area contributed by atoms with Gasteiger partial charge in [0, 0.05) is 48.7 Å². The molecule has 0 amide bonds. The summed E-state index contributed by atoms with van der Waals surface area (Å²) in [5, 5.41) is 8.27. The number of nitrogens with zero attached hydrogens (tertiary/aromatic N) is 4. The number of aromatic nitrogens is 3. The maximum atomic E-state index is 4.26. The number of hydrogen-bond donors (Lipinski definition) is 0. The van der Waals surface area contributed by atoms with Crippen LogP contribution in [-0.4, -0.2) is 33.1 Å². The molecule has 1 unspecified atom stereocenters. The summed E-state index contributed by atoms with van der Waals surface area (Å²) >= 11 is 0. The summed E-state index contributed by atoms with van der Waals surface area (Å²) in [5.74, 6) is 0.388. The first kappa shape index (κ1) is 15.3. The van der Waals surface area contributed by atoms with Crippen LogP contribution in [0.1, 0.15) is 22.6 Å². The van der Waals surface area contributed by atoms with E-state index in [-0.39, 0.29) is 0 Å². The fourth-order valence-electron chi connectivity index (χ4n) is 4.01. The largest absolute Gasteiger partial charge is 0.324 e. The molecule has 4 nitrogen and oxygen atoms in total. The van der Waals surface area contributed by atoms with Crippen LogP contribution in [-0.2, 0) is 6.54 Å². The van der Waals surface area contributed by atoms with Crippen molar-refractivity contribution in [3.63, 3.8) is 0 Å². The van der Waals surface area contributed by atoms with Gasteiger partial charge in [0.1, 0.15) is 0 Å². The minimum absolute atomic E-state index is 0.388. The lowest BCUT2D eigenvalue weighted by Crippen LogP contribution is -2.31. The van der Waals surface area contributed by atoms with E-state index >= 15 is 0 Å². The first-order valence-electron chi connectivity index (χ1n) is 8.94. The van der Waals surface area contributed by atoms with E-state index in [1.165, 1.54) is 22.2 Å². The van der Waals surface area contributed by atoms with Gasteiger partial charge in [0.15, 0.2) is 0 Å². The van der Waals surface area contributed by atoms with Crippen molar-refractivity contribution in [3.05, 3.63) is 89.9 Å². The Hall–Kier alpha value is -2.98. The smallest absolute Gasteiger partial charge is 0.0929 e. The average molecular weight is 340 g/mol. The van der Waals surface area contributed by atoms with Gasteiger partial charge in [-0.3, -0.25) is 0 Å². The molecular weight excluding hydrogens is 320 g/mol. The van der Waals surface area contributed by atoms with E-state index < -0.39 is 0 Å². The van der Waals surface area contributed by atoms with E-state index in [4.69, 9.17) is 0 Å². The molecule has 0 saturated heterocycles. The van der Waals surface area contributed by atoms with Gasteiger partial charge < -0.3 is 9.30 Å². The highest BCUT2D eigenvalue weighted by atomic mass is 15.1. The van der Waals surface area contributed by atoms with Crippen molar-refractivity contribution in [1.82, 2.24) is 19.5 Å². The van der Waals surface area contributed by atoms with Gasteiger partial charge in [0.25, 0.3) is 0 Å². The predicted molar refractivity (Wildman–Crippen MR) is 103 cm³/mol. The molecular formula is C22H20N4. The van der Waals surface area contributed by atoms with Gasteiger partial charge in [-0.25, -0.2) is 0 Å². The topological polar surface area (TPSA) is 33.4 Å². The van der Waals surface area contributed by atoms with E-state index in [9.17, 15) is 0 Å². The van der Waals surface area contributed by atoms with Crippen LogP contribution in [0.2, 0.25) is 0 Å². The molecule has 4 heterocycles. The normalized spacial score (nSPS) is 17.3. The Morgan fingerprint density at radius 3 is 2.85 bits per heavy atom. The van der Waals surface area contributed by atoms with Crippen molar-refractivity contribution in [2.45, 2.75) is 12.5 Å². The number of likely N-dealkylation sites (N-methyl/N-ethyl adjacent to an activating group) is 1. The van der Waals surface area contributed by atoms with Crippen molar-refractivity contribution in [2.24, 2.45) is 0 Å². The van der Waals surface area contributed by atoms with E-state index in [0.29, 0.717) is 5.92 Å². The Morgan fingerprint density at radius 2 is 1.96 bits per heavy atom. The lowest BCUT2D eigenvalue weighted by Gasteiger charge is -2.33. The zero-order valence-electron chi connectivity index (χ0n) is 14.7. The van der Waals surface area contributed by atoms with Crippen molar-refractivity contribution < 1.29 is 0 Å². The van der Waals surface area contributed by atoms with Crippen LogP contribution < -0.4 is 0 Å². The third-order valence-electron chi connectivity index (χ3n) is 5.28. The molecule has 1 aliphatic heterocycles. The molecule has 0 bridgehead atoms. The van der Waals surface area contributed by atoms with Gasteiger partial charge in [0.05, 0.1) is 5.69 Å². The van der Waals surface area contributed by atoms with Crippen molar-refractivity contribution >= 4 is 5.52 Å². The van der Waals surface area contributed by atoms with Crippen molar-refractivity contribution in [3.8, 4) is 11.3 Å². The summed E-state index contributed by atoms with van der Waals surface area (Å²) in [5.41, 5.74) is 7.47. The molecule has 3 aromatic heterocycles. The van der Waals surface area contributed by atoms with E-state index in [1.807, 2.05) is 12.1 Å². The summed E-state index contributed by atoms with van der Waals surface area (Å²) in [6, 6.07) is 19.5. The van der Waals surface area contributed by atoms with Gasteiger partial charge in [-0.05, 0) is 66.2 Å². The Morgan fingerprint density at radius 1 is 1.00 bits per heavy atom. The van der Waals surface area contributed by atoms with Gasteiger partial charge >= 0.3 is 0 Å². The average Bonchev–Trinajstić information content (AvgIpc) is 3.15. The SMILES string of the molecule is CN1Cc2cc(-c3cccnn3)ccc2C(c2ccn3cccc3c2)C1. The fraction of sp³-hybridized carbons (Fsp3) is 0.182. The summed E-state index contributed by atoms with van der Waals surface area (Å²) < 4.78 is 2.16. The van der Waals surface area contributed by atoms with Gasteiger partial charge in [-0.1, -0.05) is 12.1 Å². The van der Waals surface area contributed by atoms with Crippen LogP contribution in [0.3, 0.4) is 0 Å². The number of pyridine rings is 1. The summed E-state index contributed by atoms with van der Waals surface area (Å²) in [6.45, 7) is 2.00. The standard InChI is InChI=1S/C22H20N4/c1-25-14-18-12-17(22-5-2-9-23-24-22)6-7-20(18)21(15-25)16-8-11-26-10-3-4-19(26)13-16/h2-13,21H,14-15H2,1H3. The Kier molecular flexibility index (Phi) is 3.57. The summed E-state index contributed by atoms with van der Waals surface area (Å²) in [6.07, 6.45) is 5.96. The number of fused-ring (bicyclic) bond motifs is 2. The van der Waals surface area contributed by atoms with Crippen LogP contribution in [0.25, 0.3) is 16.8 Å². The lowest BCUT2D eigenvalue weighted by molar-refractivity contribution is 0.295. The number of rotatable bonds is 2. The highest BCUT2D eigenvalue weighted by Crippen LogP contribution is 2.35. The molecule has 0 radical (unpaired) electrons. The molecule has 1 aliphatic rings. The van der Waals surface area contributed by atoms with E-state index in [1.54, 1.807) is 6.20 Å². The summed E-state index contributed by atoms with van der Waals surface area (Å²) in [4.78, 5) is 2.40.